The number of carbonyl (C=O) groups is 2. The first-order chi connectivity index (χ1) is 9.96. The molecule has 2 aliphatic rings. The number of rotatable bonds is 3. The summed E-state index contributed by atoms with van der Waals surface area (Å²) in [7, 11) is 0. The summed E-state index contributed by atoms with van der Waals surface area (Å²) in [6.45, 7) is 5.04. The summed E-state index contributed by atoms with van der Waals surface area (Å²) in [6, 6.07) is 0. The van der Waals surface area contributed by atoms with Crippen LogP contribution in [0.5, 0.6) is 0 Å². The van der Waals surface area contributed by atoms with E-state index in [2.05, 4.69) is 12.2 Å². The second-order valence-corrected chi connectivity index (χ2v) is 6.91. The smallest absolute Gasteiger partial charge is 0.225 e. The molecule has 1 saturated carbocycles. The van der Waals surface area contributed by atoms with E-state index < -0.39 is 5.54 Å². The van der Waals surface area contributed by atoms with Crippen LogP contribution in [0.2, 0.25) is 0 Å². The van der Waals surface area contributed by atoms with Gasteiger partial charge in [-0.1, -0.05) is 6.92 Å². The number of carbonyl (C=O) groups excluding carboxylic acids is 2. The van der Waals surface area contributed by atoms with Crippen molar-refractivity contribution in [1.82, 2.24) is 10.2 Å². The highest BCUT2D eigenvalue weighted by Gasteiger charge is 2.37. The minimum atomic E-state index is -0.442. The van der Waals surface area contributed by atoms with Gasteiger partial charge < -0.3 is 15.3 Å². The van der Waals surface area contributed by atoms with Gasteiger partial charge in [-0.2, -0.15) is 0 Å². The number of nitrogens with one attached hydrogen (secondary N) is 1. The Bertz CT molecular complexity index is 389. The van der Waals surface area contributed by atoms with Gasteiger partial charge in [0.2, 0.25) is 11.8 Å². The molecule has 5 nitrogen and oxygen atoms in total. The quantitative estimate of drug-likeness (QED) is 0.825. The van der Waals surface area contributed by atoms with Gasteiger partial charge in [-0.25, -0.2) is 0 Å². The standard InChI is InChI=1S/C16H28N2O3/c1-12-5-7-16(11-19,8-6-12)17-15(21)14-4-3-9-18(10-14)13(2)20/h12,14,19H,3-11H2,1-2H3,(H,17,21). The zero-order chi connectivity index (χ0) is 15.5. The van der Waals surface area contributed by atoms with Gasteiger partial charge in [0.15, 0.2) is 0 Å². The van der Waals surface area contributed by atoms with Crippen LogP contribution in [0.4, 0.5) is 0 Å². The van der Waals surface area contributed by atoms with E-state index in [-0.39, 0.29) is 24.3 Å². The van der Waals surface area contributed by atoms with E-state index in [0.717, 1.165) is 45.1 Å². The van der Waals surface area contributed by atoms with Crippen LogP contribution in [0.1, 0.15) is 52.4 Å². The summed E-state index contributed by atoms with van der Waals surface area (Å²) in [5, 5.41) is 12.8. The third kappa shape index (κ3) is 3.96. The highest BCUT2D eigenvalue weighted by Crippen LogP contribution is 2.32. The van der Waals surface area contributed by atoms with Gasteiger partial charge in [0, 0.05) is 20.0 Å². The minimum absolute atomic E-state index is 0.00422. The zero-order valence-electron chi connectivity index (χ0n) is 13.2. The summed E-state index contributed by atoms with van der Waals surface area (Å²) in [5.41, 5.74) is -0.442. The highest BCUT2D eigenvalue weighted by molar-refractivity contribution is 5.81. The first kappa shape index (κ1) is 16.3. The predicted molar refractivity (Wildman–Crippen MR) is 80.6 cm³/mol. The van der Waals surface area contributed by atoms with Crippen LogP contribution < -0.4 is 5.32 Å². The number of amides is 2. The molecule has 5 heteroatoms. The number of hydrogen-bond donors (Lipinski definition) is 2. The summed E-state index contributed by atoms with van der Waals surface area (Å²) in [6.07, 6.45) is 5.49. The van der Waals surface area contributed by atoms with Crippen LogP contribution >= 0.6 is 0 Å². The van der Waals surface area contributed by atoms with Gasteiger partial charge in [-0.15, -0.1) is 0 Å². The Kier molecular flexibility index (Phi) is 5.25. The van der Waals surface area contributed by atoms with Crippen molar-refractivity contribution in [3.63, 3.8) is 0 Å². The molecule has 2 N–H and O–H groups in total. The lowest BCUT2D eigenvalue weighted by Gasteiger charge is -2.40. The first-order valence-electron chi connectivity index (χ1n) is 8.14. The second-order valence-electron chi connectivity index (χ2n) is 6.91. The summed E-state index contributed by atoms with van der Waals surface area (Å²) < 4.78 is 0. The number of aliphatic hydroxyl groups is 1. The predicted octanol–water partition coefficient (Wildman–Crippen LogP) is 1.30. The third-order valence-electron chi connectivity index (χ3n) is 5.16. The Morgan fingerprint density at radius 2 is 1.95 bits per heavy atom. The maximum Gasteiger partial charge on any atom is 0.225 e. The van der Waals surface area contributed by atoms with E-state index in [0.29, 0.717) is 12.5 Å². The Morgan fingerprint density at radius 3 is 2.52 bits per heavy atom. The Morgan fingerprint density at radius 1 is 1.29 bits per heavy atom. The molecule has 1 aliphatic heterocycles. The summed E-state index contributed by atoms with van der Waals surface area (Å²) in [5.74, 6) is 0.579. The van der Waals surface area contributed by atoms with Crippen LogP contribution in [-0.2, 0) is 9.59 Å². The lowest BCUT2D eigenvalue weighted by atomic mass is 9.77. The van der Waals surface area contributed by atoms with Crippen LogP contribution in [0.25, 0.3) is 0 Å². The lowest BCUT2D eigenvalue weighted by molar-refractivity contribution is -0.135. The van der Waals surface area contributed by atoms with Crippen molar-refractivity contribution in [3.05, 3.63) is 0 Å². The van der Waals surface area contributed by atoms with Gasteiger partial charge in [-0.05, 0) is 44.4 Å². The Hall–Kier alpha value is -1.10. The van der Waals surface area contributed by atoms with Gasteiger partial charge in [-0.3, -0.25) is 9.59 Å². The largest absolute Gasteiger partial charge is 0.394 e. The fourth-order valence-corrected chi connectivity index (χ4v) is 3.48. The highest BCUT2D eigenvalue weighted by atomic mass is 16.3. The molecule has 0 aromatic heterocycles. The molecule has 0 radical (unpaired) electrons. The molecule has 1 atom stereocenters. The van der Waals surface area contributed by atoms with Gasteiger partial charge >= 0.3 is 0 Å². The third-order valence-corrected chi connectivity index (χ3v) is 5.16. The molecule has 2 rings (SSSR count). The van der Waals surface area contributed by atoms with Crippen molar-refractivity contribution in [3.8, 4) is 0 Å². The number of hydrogen-bond acceptors (Lipinski definition) is 3. The van der Waals surface area contributed by atoms with Gasteiger partial charge in [0.25, 0.3) is 0 Å². The van der Waals surface area contributed by atoms with E-state index in [1.165, 1.54) is 0 Å². The molecular weight excluding hydrogens is 268 g/mol. The number of piperidine rings is 1. The van der Waals surface area contributed by atoms with Crippen LogP contribution in [0, 0.1) is 11.8 Å². The average Bonchev–Trinajstić information content (AvgIpc) is 2.50. The topological polar surface area (TPSA) is 69.6 Å². The van der Waals surface area contributed by atoms with Gasteiger partial charge in [0.05, 0.1) is 18.1 Å². The van der Waals surface area contributed by atoms with Crippen LogP contribution in [0.15, 0.2) is 0 Å². The van der Waals surface area contributed by atoms with Crippen molar-refractivity contribution < 1.29 is 14.7 Å². The van der Waals surface area contributed by atoms with Crippen molar-refractivity contribution in [2.75, 3.05) is 19.7 Å². The lowest BCUT2D eigenvalue weighted by Crippen LogP contribution is -2.56. The van der Waals surface area contributed by atoms with Crippen LogP contribution in [0.3, 0.4) is 0 Å². The molecule has 0 aromatic carbocycles. The van der Waals surface area contributed by atoms with Gasteiger partial charge in [0.1, 0.15) is 0 Å². The Balaban J connectivity index is 1.94. The Labute approximate surface area is 127 Å². The SMILES string of the molecule is CC(=O)N1CCCC(C(=O)NC2(CO)CCC(C)CC2)C1. The molecule has 0 spiro atoms. The molecule has 1 aliphatic carbocycles. The monoisotopic (exact) mass is 296 g/mol. The van der Waals surface area contributed by atoms with E-state index >= 15 is 0 Å². The maximum atomic E-state index is 12.5. The minimum Gasteiger partial charge on any atom is -0.394 e. The van der Waals surface area contributed by atoms with Crippen molar-refractivity contribution in [2.24, 2.45) is 11.8 Å². The molecule has 0 aromatic rings. The molecular formula is C16H28N2O3. The molecule has 1 heterocycles. The van der Waals surface area contributed by atoms with E-state index in [1.807, 2.05) is 0 Å². The van der Waals surface area contributed by atoms with Crippen molar-refractivity contribution in [2.45, 2.75) is 57.9 Å². The molecule has 2 amide bonds. The normalized spacial score (nSPS) is 33.6. The molecule has 21 heavy (non-hydrogen) atoms. The van der Waals surface area contributed by atoms with E-state index in [4.69, 9.17) is 0 Å². The van der Waals surface area contributed by atoms with Crippen LogP contribution in [-0.4, -0.2) is 47.1 Å². The molecule has 2 fully saturated rings. The molecule has 120 valence electrons. The first-order valence-corrected chi connectivity index (χ1v) is 8.14. The van der Waals surface area contributed by atoms with E-state index in [9.17, 15) is 14.7 Å². The number of likely N-dealkylation sites (tertiary alicyclic amines) is 1. The maximum absolute atomic E-state index is 12.5. The molecule has 1 unspecified atom stereocenters. The fraction of sp³-hybridized carbons (Fsp3) is 0.875. The average molecular weight is 296 g/mol. The number of nitrogens with zero attached hydrogens (tertiary/aromatic N) is 1. The van der Waals surface area contributed by atoms with Crippen molar-refractivity contribution in [1.29, 1.82) is 0 Å². The summed E-state index contributed by atoms with van der Waals surface area (Å²) >= 11 is 0. The van der Waals surface area contributed by atoms with Crippen molar-refractivity contribution >= 4 is 11.8 Å². The summed E-state index contributed by atoms with van der Waals surface area (Å²) in [4.78, 5) is 25.7. The molecule has 0 bridgehead atoms. The molecule has 1 saturated heterocycles. The van der Waals surface area contributed by atoms with E-state index in [1.54, 1.807) is 11.8 Å². The number of aliphatic hydroxyl groups excluding tert-OH is 1. The fourth-order valence-electron chi connectivity index (χ4n) is 3.48. The zero-order valence-corrected chi connectivity index (χ0v) is 13.2. The second kappa shape index (κ2) is 6.77.